The summed E-state index contributed by atoms with van der Waals surface area (Å²) in [6.07, 6.45) is 0.0848. The fraction of sp³-hybridized carbons (Fsp3) is 0.200. The molecule has 1 aliphatic carbocycles. The molecule has 0 fully saturated rings. The van der Waals surface area contributed by atoms with Gasteiger partial charge in [0.2, 0.25) is 0 Å². The van der Waals surface area contributed by atoms with Crippen molar-refractivity contribution in [3.05, 3.63) is 88.7 Å². The molecule has 0 spiro atoms. The van der Waals surface area contributed by atoms with Crippen molar-refractivity contribution in [2.24, 2.45) is 0 Å². The first-order valence-electron chi connectivity index (χ1n) is 10.2. The van der Waals surface area contributed by atoms with E-state index in [1.165, 1.54) is 4.90 Å². The van der Waals surface area contributed by atoms with Crippen molar-refractivity contribution >= 4 is 12.4 Å². The van der Waals surface area contributed by atoms with Crippen LogP contribution < -0.4 is 4.74 Å². The van der Waals surface area contributed by atoms with Gasteiger partial charge in [0, 0.05) is 17.0 Å². The van der Waals surface area contributed by atoms with Gasteiger partial charge in [-0.2, -0.15) is 0 Å². The Balaban J connectivity index is 1.34. The Morgan fingerprint density at radius 3 is 2.45 bits per heavy atom. The van der Waals surface area contributed by atoms with Crippen LogP contribution in [-0.4, -0.2) is 37.0 Å². The molecule has 3 aromatic carbocycles. The molecule has 0 aromatic heterocycles. The third-order valence-corrected chi connectivity index (χ3v) is 5.84. The fourth-order valence-electron chi connectivity index (χ4n) is 4.40. The number of hydrogen-bond donors (Lipinski definition) is 0. The molecule has 6 heteroatoms. The van der Waals surface area contributed by atoms with Crippen LogP contribution in [0.5, 0.6) is 5.75 Å². The van der Waals surface area contributed by atoms with Crippen molar-refractivity contribution in [1.82, 2.24) is 4.90 Å². The Morgan fingerprint density at radius 2 is 1.77 bits per heavy atom. The average molecular weight is 417 g/mol. The highest BCUT2D eigenvalue weighted by atomic mass is 19.1. The lowest BCUT2D eigenvalue weighted by atomic mass is 9.98. The van der Waals surface area contributed by atoms with Crippen molar-refractivity contribution in [3.8, 4) is 16.9 Å². The van der Waals surface area contributed by atoms with Crippen LogP contribution in [0.4, 0.5) is 9.18 Å². The summed E-state index contributed by atoms with van der Waals surface area (Å²) >= 11 is 0. The molecule has 0 radical (unpaired) electrons. The van der Waals surface area contributed by atoms with Crippen LogP contribution in [0.1, 0.15) is 33.0 Å². The molecule has 0 N–H and O–H groups in total. The minimum Gasteiger partial charge on any atom is -0.488 e. The molecule has 1 amide bonds. The van der Waals surface area contributed by atoms with Crippen molar-refractivity contribution < 1.29 is 23.5 Å². The van der Waals surface area contributed by atoms with E-state index in [0.29, 0.717) is 11.8 Å². The van der Waals surface area contributed by atoms with E-state index in [1.54, 1.807) is 6.07 Å². The molecular weight excluding hydrogens is 397 g/mol. The highest BCUT2D eigenvalue weighted by molar-refractivity contribution is 5.79. The Morgan fingerprint density at radius 1 is 1.10 bits per heavy atom. The Hall–Kier alpha value is -3.67. The number of halogens is 1. The summed E-state index contributed by atoms with van der Waals surface area (Å²) in [5.41, 5.74) is 5.25. The third-order valence-electron chi connectivity index (χ3n) is 5.84. The van der Waals surface area contributed by atoms with Gasteiger partial charge in [0.05, 0.1) is 13.1 Å². The van der Waals surface area contributed by atoms with Gasteiger partial charge in [-0.3, -0.25) is 4.79 Å². The highest BCUT2D eigenvalue weighted by Crippen LogP contribution is 2.44. The average Bonchev–Trinajstić information content (AvgIpc) is 2.95. The van der Waals surface area contributed by atoms with E-state index >= 15 is 0 Å². The van der Waals surface area contributed by atoms with Gasteiger partial charge in [-0.05, 0) is 34.4 Å². The summed E-state index contributed by atoms with van der Waals surface area (Å²) in [7, 11) is 0. The van der Waals surface area contributed by atoms with Gasteiger partial charge in [0.1, 0.15) is 19.5 Å². The van der Waals surface area contributed by atoms with Gasteiger partial charge in [-0.25, -0.2) is 9.18 Å². The number of hydrogen-bond acceptors (Lipinski definition) is 4. The topological polar surface area (TPSA) is 55.8 Å². The van der Waals surface area contributed by atoms with E-state index < -0.39 is 11.9 Å². The number of nitrogens with zero attached hydrogens (tertiary/aromatic N) is 1. The lowest BCUT2D eigenvalue weighted by molar-refractivity contribution is 0.0947. The van der Waals surface area contributed by atoms with Crippen LogP contribution in [0.3, 0.4) is 0 Å². The molecule has 0 bridgehead atoms. The molecule has 5 rings (SSSR count). The molecule has 5 nitrogen and oxygen atoms in total. The highest BCUT2D eigenvalue weighted by Gasteiger charge is 2.30. The van der Waals surface area contributed by atoms with Crippen molar-refractivity contribution in [3.63, 3.8) is 0 Å². The van der Waals surface area contributed by atoms with E-state index in [9.17, 15) is 14.0 Å². The van der Waals surface area contributed by atoms with Crippen LogP contribution in [0.15, 0.2) is 60.7 Å². The number of amides is 1. The number of aldehydes is 1. The molecule has 1 aliphatic heterocycles. The first-order valence-corrected chi connectivity index (χ1v) is 10.2. The summed E-state index contributed by atoms with van der Waals surface area (Å²) < 4.78 is 25.4. The summed E-state index contributed by atoms with van der Waals surface area (Å²) in [4.78, 5) is 25.4. The molecule has 0 saturated heterocycles. The first kappa shape index (κ1) is 19.3. The number of fused-ring (bicyclic) bond motifs is 4. The largest absolute Gasteiger partial charge is 0.488 e. The lowest BCUT2D eigenvalue weighted by Gasteiger charge is -2.21. The molecule has 3 aromatic rings. The fourth-order valence-corrected chi connectivity index (χ4v) is 4.40. The second-order valence-electron chi connectivity index (χ2n) is 7.68. The minimum atomic E-state index is -0.603. The predicted octanol–water partition coefficient (Wildman–Crippen LogP) is 4.78. The third kappa shape index (κ3) is 3.44. The number of benzene rings is 3. The van der Waals surface area contributed by atoms with Crippen LogP contribution in [-0.2, 0) is 11.3 Å². The molecule has 0 unspecified atom stereocenters. The molecular formula is C25H20FNO4. The predicted molar refractivity (Wildman–Crippen MR) is 113 cm³/mol. The smallest absolute Gasteiger partial charge is 0.410 e. The normalized spacial score (nSPS) is 14.7. The Labute approximate surface area is 179 Å². The van der Waals surface area contributed by atoms with Crippen LogP contribution in [0.2, 0.25) is 0 Å². The monoisotopic (exact) mass is 417 g/mol. The van der Waals surface area contributed by atoms with Gasteiger partial charge >= 0.3 is 6.09 Å². The summed E-state index contributed by atoms with van der Waals surface area (Å²) in [6.45, 7) is 0.736. The summed E-state index contributed by atoms with van der Waals surface area (Å²) in [5, 5.41) is 0. The molecule has 0 saturated carbocycles. The van der Waals surface area contributed by atoms with Gasteiger partial charge in [0.15, 0.2) is 11.6 Å². The van der Waals surface area contributed by atoms with Gasteiger partial charge in [-0.15, -0.1) is 0 Å². The van der Waals surface area contributed by atoms with Crippen molar-refractivity contribution in [1.29, 1.82) is 0 Å². The zero-order chi connectivity index (χ0) is 21.4. The minimum absolute atomic E-state index is 0.0361. The zero-order valence-electron chi connectivity index (χ0n) is 16.7. The first-order chi connectivity index (χ1) is 15.2. The molecule has 31 heavy (non-hydrogen) atoms. The van der Waals surface area contributed by atoms with E-state index in [2.05, 4.69) is 24.3 Å². The van der Waals surface area contributed by atoms with Crippen LogP contribution in [0.25, 0.3) is 11.1 Å². The summed E-state index contributed by atoms with van der Waals surface area (Å²) in [5.74, 6) is -0.556. The Kier molecular flexibility index (Phi) is 4.90. The molecule has 0 atom stereocenters. The van der Waals surface area contributed by atoms with Crippen molar-refractivity contribution in [2.45, 2.75) is 12.5 Å². The lowest BCUT2D eigenvalue weighted by Crippen LogP contribution is -2.33. The molecule has 156 valence electrons. The number of ether oxygens (including phenoxy) is 2. The van der Waals surface area contributed by atoms with Crippen molar-refractivity contribution in [2.75, 3.05) is 19.8 Å². The maximum atomic E-state index is 14.2. The van der Waals surface area contributed by atoms with Gasteiger partial charge in [0.25, 0.3) is 0 Å². The van der Waals surface area contributed by atoms with Gasteiger partial charge in [-0.1, -0.05) is 48.5 Å². The SMILES string of the molecule is O=Cc1cc(F)c2c(c1)CN(C(=O)OCC1c3ccccc3-c3ccccc31)CCO2. The quantitative estimate of drug-likeness (QED) is 0.576. The standard InChI is InChI=1S/C25H20FNO4/c26-23-12-16(14-28)11-17-13-27(9-10-30-24(17)23)25(29)31-15-22-20-7-3-1-5-18(20)19-6-2-4-8-21(19)22/h1-8,11-12,14,22H,9-10,13,15H2. The van der Waals surface area contributed by atoms with E-state index in [0.717, 1.165) is 28.3 Å². The van der Waals surface area contributed by atoms with E-state index in [4.69, 9.17) is 9.47 Å². The summed E-state index contributed by atoms with van der Waals surface area (Å²) in [6, 6.07) is 19.0. The van der Waals surface area contributed by atoms with Gasteiger partial charge < -0.3 is 14.4 Å². The maximum Gasteiger partial charge on any atom is 0.410 e. The Bertz CT molecular complexity index is 1130. The second kappa shape index (κ2) is 7.87. The molecule has 1 heterocycles. The van der Waals surface area contributed by atoms with E-state index in [-0.39, 0.29) is 43.5 Å². The number of carbonyl (C=O) groups is 2. The maximum absolute atomic E-state index is 14.2. The second-order valence-corrected chi connectivity index (χ2v) is 7.68. The number of rotatable bonds is 3. The zero-order valence-corrected chi connectivity index (χ0v) is 16.7. The van der Waals surface area contributed by atoms with E-state index in [1.807, 2.05) is 24.3 Å². The van der Waals surface area contributed by atoms with Crippen LogP contribution >= 0.6 is 0 Å². The molecule has 2 aliphatic rings. The number of carbonyl (C=O) groups excluding carboxylic acids is 2. The van der Waals surface area contributed by atoms with Crippen LogP contribution in [0, 0.1) is 5.82 Å².